The molecule has 7 nitrogen and oxygen atoms in total. The van der Waals surface area contributed by atoms with E-state index in [1.807, 2.05) is 0 Å². The molecule has 0 atom stereocenters. The molecule has 0 spiro atoms. The van der Waals surface area contributed by atoms with Gasteiger partial charge in [-0.3, -0.25) is 14.6 Å². The lowest BCUT2D eigenvalue weighted by Crippen LogP contribution is -2.34. The van der Waals surface area contributed by atoms with Crippen LogP contribution in [0, 0.1) is 0 Å². The fourth-order valence-electron chi connectivity index (χ4n) is 5.31. The van der Waals surface area contributed by atoms with Gasteiger partial charge in [-0.05, 0) is 55.5 Å². The number of nitrogens with zero attached hydrogens (tertiary/aromatic N) is 3. The van der Waals surface area contributed by atoms with E-state index in [1.165, 1.54) is 25.7 Å². The molecular weight excluding hydrogens is 474 g/mol. The maximum Gasteiger partial charge on any atom is 0.334 e. The predicted octanol–water partition coefficient (Wildman–Crippen LogP) is 3.83. The first-order chi connectivity index (χ1) is 16.8. The van der Waals surface area contributed by atoms with Crippen molar-refractivity contribution < 1.29 is 13.6 Å². The van der Waals surface area contributed by atoms with Crippen LogP contribution in [0.3, 0.4) is 0 Å². The summed E-state index contributed by atoms with van der Waals surface area (Å²) in [5.41, 5.74) is 1.44. The fourth-order valence-corrected chi connectivity index (χ4v) is 6.58. The molecule has 0 unspecified atom stereocenters. The number of hydrogen-bond acceptors (Lipinski definition) is 4. The molecule has 1 saturated heterocycles. The van der Waals surface area contributed by atoms with E-state index in [1.54, 1.807) is 35.0 Å². The Morgan fingerprint density at radius 1 is 1.11 bits per heavy atom. The molecule has 2 aliphatic rings. The lowest BCUT2D eigenvalue weighted by molar-refractivity contribution is -0.132. The Labute approximate surface area is 202 Å². The number of thiophene rings is 1. The second-order valence-electron chi connectivity index (χ2n) is 9.45. The summed E-state index contributed by atoms with van der Waals surface area (Å²) < 4.78 is 29.9. The molecule has 0 saturated carbocycles. The van der Waals surface area contributed by atoms with Gasteiger partial charge in [0.1, 0.15) is 11.4 Å². The normalized spacial score (nSPS) is 17.7. The van der Waals surface area contributed by atoms with E-state index >= 15 is 0 Å². The Morgan fingerprint density at radius 3 is 2.74 bits per heavy atom. The van der Waals surface area contributed by atoms with Crippen LogP contribution in [-0.2, 0) is 24.2 Å². The summed E-state index contributed by atoms with van der Waals surface area (Å²) in [6, 6.07) is 6.97. The van der Waals surface area contributed by atoms with Crippen molar-refractivity contribution in [3.8, 4) is 5.69 Å². The lowest BCUT2D eigenvalue weighted by atomic mass is 10.1. The Balaban J connectivity index is 1.36. The molecule has 0 bridgehead atoms. The SMILES string of the molecule is O=C(Cn1ccc2cc(-n3c(=O)[nH]c4sc5c(c4c3=O)CCCCC5)ccc21)N1CCC(F)(F)C1. The van der Waals surface area contributed by atoms with Gasteiger partial charge >= 0.3 is 5.69 Å². The largest absolute Gasteiger partial charge is 0.338 e. The molecule has 1 fully saturated rings. The van der Waals surface area contributed by atoms with Crippen LogP contribution in [0.2, 0.25) is 0 Å². The molecule has 182 valence electrons. The van der Waals surface area contributed by atoms with Gasteiger partial charge in [-0.15, -0.1) is 11.3 Å². The minimum Gasteiger partial charge on any atom is -0.338 e. The third-order valence-corrected chi connectivity index (χ3v) is 8.31. The van der Waals surface area contributed by atoms with E-state index in [4.69, 9.17) is 0 Å². The van der Waals surface area contributed by atoms with Gasteiger partial charge in [0, 0.05) is 34.9 Å². The molecule has 6 rings (SSSR count). The summed E-state index contributed by atoms with van der Waals surface area (Å²) in [6.07, 6.45) is 6.44. The average Bonchev–Trinajstić information content (AvgIpc) is 3.43. The smallest absolute Gasteiger partial charge is 0.334 e. The van der Waals surface area contributed by atoms with E-state index < -0.39 is 18.2 Å². The molecule has 1 amide bonds. The van der Waals surface area contributed by atoms with Crippen molar-refractivity contribution in [3.05, 3.63) is 61.7 Å². The number of carbonyl (C=O) groups excluding carboxylic acids is 1. The highest BCUT2D eigenvalue weighted by atomic mass is 32.1. The summed E-state index contributed by atoms with van der Waals surface area (Å²) in [4.78, 5) is 44.9. The standard InChI is InChI=1S/C25H24F2N4O3S/c26-25(27)9-11-30(14-25)20(32)13-29-10-8-15-12-16(6-7-18(15)29)31-23(33)21-17-4-2-1-3-5-19(17)35-22(21)28-24(31)34/h6-8,10,12H,1-5,9,11,13-14H2,(H,28,34). The van der Waals surface area contributed by atoms with Crippen LogP contribution in [-0.4, -0.2) is 43.9 Å². The van der Waals surface area contributed by atoms with Crippen molar-refractivity contribution in [1.82, 2.24) is 19.0 Å². The van der Waals surface area contributed by atoms with E-state index in [0.29, 0.717) is 15.9 Å². The highest BCUT2D eigenvalue weighted by Gasteiger charge is 2.40. The number of aromatic amines is 1. The first-order valence-electron chi connectivity index (χ1n) is 11.9. The monoisotopic (exact) mass is 498 g/mol. The van der Waals surface area contributed by atoms with Crippen molar-refractivity contribution in [2.45, 2.75) is 51.0 Å². The van der Waals surface area contributed by atoms with Crippen molar-refractivity contribution in [3.63, 3.8) is 0 Å². The van der Waals surface area contributed by atoms with Crippen molar-refractivity contribution in [2.75, 3.05) is 13.1 Å². The van der Waals surface area contributed by atoms with Crippen LogP contribution in [0.1, 0.15) is 36.1 Å². The first kappa shape index (κ1) is 22.2. The quantitative estimate of drug-likeness (QED) is 0.436. The number of alkyl halides is 2. The average molecular weight is 499 g/mol. The zero-order valence-electron chi connectivity index (χ0n) is 19.0. The predicted molar refractivity (Wildman–Crippen MR) is 131 cm³/mol. The minimum absolute atomic E-state index is 0.0491. The van der Waals surface area contributed by atoms with Gasteiger partial charge in [-0.25, -0.2) is 18.1 Å². The number of rotatable bonds is 3. The number of hydrogen-bond donors (Lipinski definition) is 1. The first-order valence-corrected chi connectivity index (χ1v) is 12.7. The molecule has 10 heteroatoms. The number of H-pyrrole nitrogens is 1. The Kier molecular flexibility index (Phi) is 5.17. The highest BCUT2D eigenvalue weighted by Crippen LogP contribution is 2.33. The molecule has 1 aliphatic carbocycles. The number of halogens is 2. The van der Waals surface area contributed by atoms with Crippen molar-refractivity contribution in [2.24, 2.45) is 0 Å². The maximum atomic E-state index is 13.5. The number of benzene rings is 1. The Morgan fingerprint density at radius 2 is 1.94 bits per heavy atom. The summed E-state index contributed by atoms with van der Waals surface area (Å²) in [7, 11) is 0. The molecule has 3 aromatic heterocycles. The van der Waals surface area contributed by atoms with Gasteiger partial charge in [0.2, 0.25) is 5.91 Å². The van der Waals surface area contributed by atoms with Crippen LogP contribution in [0.15, 0.2) is 40.1 Å². The molecular formula is C25H24F2N4O3S. The van der Waals surface area contributed by atoms with Gasteiger partial charge in [0.25, 0.3) is 11.5 Å². The van der Waals surface area contributed by atoms with Gasteiger partial charge < -0.3 is 9.47 Å². The van der Waals surface area contributed by atoms with E-state index in [-0.39, 0.29) is 31.0 Å². The van der Waals surface area contributed by atoms with E-state index in [2.05, 4.69) is 4.98 Å². The Hall–Kier alpha value is -3.27. The Bertz CT molecular complexity index is 1600. The second kappa shape index (κ2) is 8.15. The summed E-state index contributed by atoms with van der Waals surface area (Å²) >= 11 is 1.51. The van der Waals surface area contributed by atoms with Crippen LogP contribution in [0.4, 0.5) is 8.78 Å². The maximum absolute atomic E-state index is 13.5. The number of carbonyl (C=O) groups is 1. The molecule has 4 aromatic rings. The van der Waals surface area contributed by atoms with Gasteiger partial charge in [0.15, 0.2) is 0 Å². The molecule has 4 heterocycles. The van der Waals surface area contributed by atoms with Gasteiger partial charge in [0.05, 0.1) is 17.6 Å². The second-order valence-corrected chi connectivity index (χ2v) is 10.6. The third kappa shape index (κ3) is 3.80. The molecule has 1 N–H and O–H groups in total. The van der Waals surface area contributed by atoms with Crippen molar-refractivity contribution >= 4 is 38.4 Å². The minimum atomic E-state index is -2.83. The van der Waals surface area contributed by atoms with E-state index in [0.717, 1.165) is 48.6 Å². The zero-order valence-corrected chi connectivity index (χ0v) is 19.8. The van der Waals surface area contributed by atoms with Crippen LogP contribution >= 0.6 is 11.3 Å². The number of fused-ring (bicyclic) bond motifs is 4. The summed E-state index contributed by atoms with van der Waals surface area (Å²) in [6.45, 7) is -0.544. The van der Waals surface area contributed by atoms with Gasteiger partial charge in [-0.1, -0.05) is 6.42 Å². The van der Waals surface area contributed by atoms with Gasteiger partial charge in [-0.2, -0.15) is 0 Å². The van der Waals surface area contributed by atoms with Crippen molar-refractivity contribution in [1.29, 1.82) is 0 Å². The lowest BCUT2D eigenvalue weighted by Gasteiger charge is -2.17. The fraction of sp³-hybridized carbons (Fsp3) is 0.400. The topological polar surface area (TPSA) is 80.1 Å². The summed E-state index contributed by atoms with van der Waals surface area (Å²) in [5.74, 6) is -3.19. The summed E-state index contributed by atoms with van der Waals surface area (Å²) in [5, 5.41) is 1.36. The number of aromatic nitrogens is 3. The van der Waals surface area contributed by atoms with Crippen LogP contribution in [0.25, 0.3) is 26.8 Å². The molecule has 0 radical (unpaired) electrons. The van der Waals surface area contributed by atoms with Crippen LogP contribution < -0.4 is 11.2 Å². The molecule has 1 aliphatic heterocycles. The molecule has 1 aromatic carbocycles. The zero-order chi connectivity index (χ0) is 24.3. The molecule has 35 heavy (non-hydrogen) atoms. The number of likely N-dealkylation sites (tertiary alicyclic amines) is 1. The van der Waals surface area contributed by atoms with Crippen LogP contribution in [0.5, 0.6) is 0 Å². The number of amides is 1. The van der Waals surface area contributed by atoms with E-state index in [9.17, 15) is 23.2 Å². The number of aryl methyl sites for hydroxylation is 2. The number of nitrogens with one attached hydrogen (secondary N) is 1. The highest BCUT2D eigenvalue weighted by molar-refractivity contribution is 7.18. The third-order valence-electron chi connectivity index (χ3n) is 7.10.